The van der Waals surface area contributed by atoms with Crippen LogP contribution in [-0.4, -0.2) is 36.9 Å². The maximum atomic E-state index is 14.2. The van der Waals surface area contributed by atoms with Crippen molar-refractivity contribution in [3.63, 3.8) is 0 Å². The van der Waals surface area contributed by atoms with Gasteiger partial charge in [0.25, 0.3) is 5.91 Å². The van der Waals surface area contributed by atoms with Crippen molar-refractivity contribution in [3.05, 3.63) is 65.2 Å². The normalized spacial score (nSPS) is 18.2. The predicted octanol–water partition coefficient (Wildman–Crippen LogP) is 3.20. The Balaban J connectivity index is 1.83. The van der Waals surface area contributed by atoms with E-state index in [1.807, 2.05) is 0 Å². The summed E-state index contributed by atoms with van der Waals surface area (Å²) < 4.78 is 38.0. The van der Waals surface area contributed by atoms with Gasteiger partial charge in [-0.05, 0) is 35.4 Å². The SMILES string of the molecule is COC(=O)c1ccc([C@@H]2N(Cc3ccc(OC)cc3)C(=O)C2(F)F)cc1. The van der Waals surface area contributed by atoms with Gasteiger partial charge in [-0.2, -0.15) is 8.78 Å². The first-order valence-electron chi connectivity index (χ1n) is 7.88. The molecule has 1 heterocycles. The quantitative estimate of drug-likeness (QED) is 0.606. The van der Waals surface area contributed by atoms with Crippen molar-refractivity contribution < 1.29 is 27.8 Å². The molecule has 2 aromatic carbocycles. The molecule has 0 spiro atoms. The third kappa shape index (κ3) is 3.00. The van der Waals surface area contributed by atoms with Crippen molar-refractivity contribution in [1.29, 1.82) is 0 Å². The van der Waals surface area contributed by atoms with Gasteiger partial charge in [-0.15, -0.1) is 0 Å². The molecule has 0 radical (unpaired) electrons. The number of methoxy groups -OCH3 is 2. The Bertz CT molecular complexity index is 818. The van der Waals surface area contributed by atoms with Crippen LogP contribution < -0.4 is 4.74 Å². The molecule has 0 N–H and O–H groups in total. The van der Waals surface area contributed by atoms with E-state index in [0.717, 1.165) is 4.90 Å². The van der Waals surface area contributed by atoms with E-state index >= 15 is 0 Å². The van der Waals surface area contributed by atoms with E-state index in [1.54, 1.807) is 24.3 Å². The molecule has 7 heteroatoms. The highest BCUT2D eigenvalue weighted by molar-refractivity contribution is 5.92. The summed E-state index contributed by atoms with van der Waals surface area (Å²) in [5, 5.41) is 0. The highest BCUT2D eigenvalue weighted by atomic mass is 19.3. The molecule has 1 saturated heterocycles. The van der Waals surface area contributed by atoms with E-state index in [9.17, 15) is 18.4 Å². The molecule has 1 fully saturated rings. The summed E-state index contributed by atoms with van der Waals surface area (Å²) in [7, 11) is 2.77. The van der Waals surface area contributed by atoms with Gasteiger partial charge in [0.05, 0.1) is 19.8 Å². The highest BCUT2D eigenvalue weighted by Gasteiger charge is 2.63. The van der Waals surface area contributed by atoms with Gasteiger partial charge in [0.2, 0.25) is 0 Å². The van der Waals surface area contributed by atoms with Crippen LogP contribution in [0.25, 0.3) is 0 Å². The summed E-state index contributed by atoms with van der Waals surface area (Å²) in [6, 6.07) is 11.1. The summed E-state index contributed by atoms with van der Waals surface area (Å²) in [6.45, 7) is 0.0574. The molecule has 0 bridgehead atoms. The first-order valence-corrected chi connectivity index (χ1v) is 7.88. The molecular weight excluding hydrogens is 344 g/mol. The van der Waals surface area contributed by atoms with Crippen LogP contribution >= 0.6 is 0 Å². The number of alkyl halides is 2. The molecule has 1 amide bonds. The van der Waals surface area contributed by atoms with E-state index in [0.29, 0.717) is 11.3 Å². The number of esters is 1. The zero-order valence-electron chi connectivity index (χ0n) is 14.2. The molecule has 1 aliphatic heterocycles. The van der Waals surface area contributed by atoms with Crippen molar-refractivity contribution in [2.75, 3.05) is 14.2 Å². The molecule has 136 valence electrons. The summed E-state index contributed by atoms with van der Waals surface area (Å²) in [6.07, 6.45) is 0. The minimum Gasteiger partial charge on any atom is -0.497 e. The molecule has 5 nitrogen and oxygen atoms in total. The van der Waals surface area contributed by atoms with Gasteiger partial charge in [0.1, 0.15) is 11.8 Å². The fourth-order valence-electron chi connectivity index (χ4n) is 2.95. The van der Waals surface area contributed by atoms with Crippen LogP contribution in [0, 0.1) is 0 Å². The standard InChI is InChI=1S/C19H17F2NO4/c1-25-15-9-3-12(4-10-15)11-22-16(19(20,21)18(22)24)13-5-7-14(8-6-13)17(23)26-2/h3-10,16H,11H2,1-2H3/t16-/m0/s1. The van der Waals surface area contributed by atoms with Crippen molar-refractivity contribution in [3.8, 4) is 5.75 Å². The topological polar surface area (TPSA) is 55.8 Å². The van der Waals surface area contributed by atoms with Gasteiger partial charge in [0, 0.05) is 6.54 Å². The number of ether oxygens (including phenoxy) is 2. The molecule has 0 aromatic heterocycles. The Kier molecular flexibility index (Phi) is 4.63. The number of carbonyl (C=O) groups is 2. The van der Waals surface area contributed by atoms with Crippen LogP contribution in [0.2, 0.25) is 0 Å². The van der Waals surface area contributed by atoms with Crippen LogP contribution in [0.1, 0.15) is 27.5 Å². The van der Waals surface area contributed by atoms with Gasteiger partial charge in [0.15, 0.2) is 0 Å². The van der Waals surface area contributed by atoms with E-state index in [4.69, 9.17) is 4.74 Å². The maximum absolute atomic E-state index is 14.2. The Hall–Kier alpha value is -2.96. The van der Waals surface area contributed by atoms with E-state index in [1.165, 1.54) is 38.5 Å². The number of carbonyl (C=O) groups excluding carboxylic acids is 2. The van der Waals surface area contributed by atoms with Gasteiger partial charge < -0.3 is 14.4 Å². The van der Waals surface area contributed by atoms with Crippen molar-refractivity contribution >= 4 is 11.9 Å². The zero-order chi connectivity index (χ0) is 18.9. The molecule has 26 heavy (non-hydrogen) atoms. The first kappa shape index (κ1) is 17.8. The highest BCUT2D eigenvalue weighted by Crippen LogP contribution is 2.48. The Morgan fingerprint density at radius 2 is 1.69 bits per heavy atom. The van der Waals surface area contributed by atoms with Gasteiger partial charge in [-0.3, -0.25) is 4.79 Å². The number of hydrogen-bond donors (Lipinski definition) is 0. The number of halogens is 2. The Morgan fingerprint density at radius 1 is 1.08 bits per heavy atom. The summed E-state index contributed by atoms with van der Waals surface area (Å²) in [5.74, 6) is -4.60. The molecule has 0 aliphatic carbocycles. The number of benzene rings is 2. The fraction of sp³-hybridized carbons (Fsp3) is 0.263. The number of hydrogen-bond acceptors (Lipinski definition) is 4. The lowest BCUT2D eigenvalue weighted by atomic mass is 9.88. The lowest BCUT2D eigenvalue weighted by Crippen LogP contribution is -2.63. The number of rotatable bonds is 5. The Morgan fingerprint density at radius 3 is 2.23 bits per heavy atom. The van der Waals surface area contributed by atoms with Crippen LogP contribution in [0.15, 0.2) is 48.5 Å². The predicted molar refractivity (Wildman–Crippen MR) is 89.0 cm³/mol. The van der Waals surface area contributed by atoms with Crippen molar-refractivity contribution in [1.82, 2.24) is 4.90 Å². The van der Waals surface area contributed by atoms with Crippen molar-refractivity contribution in [2.24, 2.45) is 0 Å². The Labute approximate surface area is 149 Å². The monoisotopic (exact) mass is 361 g/mol. The second-order valence-electron chi connectivity index (χ2n) is 5.92. The van der Waals surface area contributed by atoms with E-state index in [-0.39, 0.29) is 17.7 Å². The van der Waals surface area contributed by atoms with E-state index < -0.39 is 23.8 Å². The van der Waals surface area contributed by atoms with Crippen LogP contribution in [0.5, 0.6) is 5.75 Å². The second-order valence-corrected chi connectivity index (χ2v) is 5.92. The largest absolute Gasteiger partial charge is 0.497 e. The number of nitrogens with zero attached hydrogens (tertiary/aromatic N) is 1. The molecule has 1 atom stereocenters. The second kappa shape index (κ2) is 6.74. The molecule has 1 aliphatic rings. The van der Waals surface area contributed by atoms with Crippen LogP contribution in [-0.2, 0) is 16.1 Å². The van der Waals surface area contributed by atoms with Crippen LogP contribution in [0.4, 0.5) is 8.78 Å². The molecular formula is C19H17F2NO4. The minimum atomic E-state index is -3.47. The number of amides is 1. The third-order valence-corrected chi connectivity index (χ3v) is 4.36. The number of likely N-dealkylation sites (tertiary alicyclic amines) is 1. The lowest BCUT2D eigenvalue weighted by Gasteiger charge is -2.46. The maximum Gasteiger partial charge on any atom is 0.348 e. The lowest BCUT2D eigenvalue weighted by molar-refractivity contribution is -0.207. The summed E-state index contributed by atoms with van der Waals surface area (Å²) in [5.41, 5.74) is 1.23. The average molecular weight is 361 g/mol. The molecule has 0 unspecified atom stereocenters. The summed E-state index contributed by atoms with van der Waals surface area (Å²) >= 11 is 0. The molecule has 2 aromatic rings. The van der Waals surface area contributed by atoms with Crippen molar-refractivity contribution in [2.45, 2.75) is 18.5 Å². The minimum absolute atomic E-state index is 0.0574. The average Bonchev–Trinajstić information content (AvgIpc) is 2.67. The van der Waals surface area contributed by atoms with Gasteiger partial charge in [-0.25, -0.2) is 4.79 Å². The third-order valence-electron chi connectivity index (χ3n) is 4.36. The number of β-lactam (4-membered cyclic amide) rings is 1. The van der Waals surface area contributed by atoms with Crippen LogP contribution in [0.3, 0.4) is 0 Å². The first-order chi connectivity index (χ1) is 12.4. The van der Waals surface area contributed by atoms with Gasteiger partial charge >= 0.3 is 11.9 Å². The fourth-order valence-corrected chi connectivity index (χ4v) is 2.95. The smallest absolute Gasteiger partial charge is 0.348 e. The summed E-state index contributed by atoms with van der Waals surface area (Å²) in [4.78, 5) is 24.5. The molecule has 3 rings (SSSR count). The molecule has 0 saturated carbocycles. The zero-order valence-corrected chi connectivity index (χ0v) is 14.2. The van der Waals surface area contributed by atoms with Gasteiger partial charge in [-0.1, -0.05) is 24.3 Å². The van der Waals surface area contributed by atoms with E-state index in [2.05, 4.69) is 4.74 Å².